The standard InChI is InChI=1S/C21H28N2O4/c1-15-10-19(26-4)20(27-5)11-17(15)13-23(2)14-21(24)22-12-16-8-6-7-9-18(16)25-3/h6-11H,12-14H2,1-5H3,(H,22,24)/p+1. The molecule has 0 aliphatic heterocycles. The van der Waals surface area contributed by atoms with Crippen LogP contribution in [0.15, 0.2) is 36.4 Å². The van der Waals surface area contributed by atoms with Gasteiger partial charge in [-0.2, -0.15) is 0 Å². The number of benzene rings is 2. The van der Waals surface area contributed by atoms with E-state index in [0.717, 1.165) is 27.3 Å². The molecule has 0 spiro atoms. The summed E-state index contributed by atoms with van der Waals surface area (Å²) in [6.45, 7) is 3.58. The zero-order chi connectivity index (χ0) is 19.8. The van der Waals surface area contributed by atoms with E-state index in [4.69, 9.17) is 14.2 Å². The van der Waals surface area contributed by atoms with E-state index in [1.165, 1.54) is 0 Å². The Morgan fingerprint density at radius 1 is 0.963 bits per heavy atom. The number of para-hydroxylation sites is 1. The van der Waals surface area contributed by atoms with Crippen LogP contribution >= 0.6 is 0 Å². The lowest BCUT2D eigenvalue weighted by Crippen LogP contribution is -3.08. The molecule has 1 amide bonds. The number of rotatable bonds is 9. The van der Waals surface area contributed by atoms with Gasteiger partial charge < -0.3 is 24.4 Å². The van der Waals surface area contributed by atoms with Crippen molar-refractivity contribution in [1.29, 1.82) is 0 Å². The minimum atomic E-state index is -0.00321. The Labute approximate surface area is 161 Å². The van der Waals surface area contributed by atoms with Crippen LogP contribution in [0.2, 0.25) is 0 Å². The number of ether oxygens (including phenoxy) is 3. The van der Waals surface area contributed by atoms with Gasteiger partial charge in [-0.1, -0.05) is 18.2 Å². The molecule has 27 heavy (non-hydrogen) atoms. The molecule has 2 rings (SSSR count). The molecule has 1 atom stereocenters. The minimum Gasteiger partial charge on any atom is -0.496 e. The Hall–Kier alpha value is -2.73. The quantitative estimate of drug-likeness (QED) is 0.697. The molecule has 146 valence electrons. The van der Waals surface area contributed by atoms with Crippen molar-refractivity contribution in [3.63, 3.8) is 0 Å². The van der Waals surface area contributed by atoms with Crippen molar-refractivity contribution in [2.24, 2.45) is 0 Å². The Bertz CT molecular complexity index is 777. The monoisotopic (exact) mass is 373 g/mol. The molecule has 0 aromatic heterocycles. The van der Waals surface area contributed by atoms with Crippen molar-refractivity contribution in [2.45, 2.75) is 20.0 Å². The SMILES string of the molecule is COc1ccccc1CNC(=O)C[NH+](C)Cc1cc(OC)c(OC)cc1C. The summed E-state index contributed by atoms with van der Waals surface area (Å²) in [4.78, 5) is 13.4. The number of methoxy groups -OCH3 is 3. The van der Waals surface area contributed by atoms with Crippen LogP contribution in [-0.2, 0) is 17.9 Å². The number of carbonyl (C=O) groups excluding carboxylic acids is 1. The normalized spacial score (nSPS) is 11.6. The molecule has 0 bridgehead atoms. The van der Waals surface area contributed by atoms with Crippen molar-refractivity contribution in [1.82, 2.24) is 5.32 Å². The van der Waals surface area contributed by atoms with Gasteiger partial charge in [-0.25, -0.2) is 0 Å². The average Bonchev–Trinajstić information content (AvgIpc) is 2.67. The van der Waals surface area contributed by atoms with Gasteiger partial charge >= 0.3 is 0 Å². The van der Waals surface area contributed by atoms with Crippen LogP contribution in [0, 0.1) is 6.92 Å². The van der Waals surface area contributed by atoms with Crippen molar-refractivity contribution in [2.75, 3.05) is 34.9 Å². The Morgan fingerprint density at radius 3 is 2.26 bits per heavy atom. The van der Waals surface area contributed by atoms with E-state index in [0.29, 0.717) is 31.1 Å². The van der Waals surface area contributed by atoms with Gasteiger partial charge in [-0.05, 0) is 30.7 Å². The third-order valence-electron chi connectivity index (χ3n) is 4.47. The zero-order valence-electron chi connectivity index (χ0n) is 16.7. The maximum Gasteiger partial charge on any atom is 0.275 e. The summed E-state index contributed by atoms with van der Waals surface area (Å²) in [6, 6.07) is 11.6. The van der Waals surface area contributed by atoms with Gasteiger partial charge in [0.2, 0.25) is 0 Å². The number of carbonyl (C=O) groups is 1. The van der Waals surface area contributed by atoms with Gasteiger partial charge in [0.05, 0.1) is 28.4 Å². The number of nitrogens with one attached hydrogen (secondary N) is 2. The highest BCUT2D eigenvalue weighted by Gasteiger charge is 2.15. The first kappa shape index (κ1) is 20.6. The first-order valence-corrected chi connectivity index (χ1v) is 8.89. The second-order valence-electron chi connectivity index (χ2n) is 6.53. The number of aryl methyl sites for hydroxylation is 1. The van der Waals surface area contributed by atoms with Crippen LogP contribution in [-0.4, -0.2) is 40.8 Å². The first-order valence-electron chi connectivity index (χ1n) is 8.89. The molecule has 0 aliphatic rings. The van der Waals surface area contributed by atoms with Crippen molar-refractivity contribution in [3.8, 4) is 17.2 Å². The topological polar surface area (TPSA) is 61.2 Å². The molecule has 1 unspecified atom stereocenters. The van der Waals surface area contributed by atoms with Crippen LogP contribution in [0.25, 0.3) is 0 Å². The highest BCUT2D eigenvalue weighted by Crippen LogP contribution is 2.29. The van der Waals surface area contributed by atoms with E-state index >= 15 is 0 Å². The van der Waals surface area contributed by atoms with E-state index in [-0.39, 0.29) is 5.91 Å². The van der Waals surface area contributed by atoms with E-state index in [2.05, 4.69) is 5.32 Å². The molecular formula is C21H29N2O4+. The summed E-state index contributed by atoms with van der Waals surface area (Å²) in [7, 11) is 6.88. The van der Waals surface area contributed by atoms with Crippen molar-refractivity contribution in [3.05, 3.63) is 53.1 Å². The molecule has 0 saturated heterocycles. The summed E-state index contributed by atoms with van der Waals surface area (Å²) in [6.07, 6.45) is 0. The van der Waals surface area contributed by atoms with Gasteiger partial charge in [0.25, 0.3) is 5.91 Å². The predicted octanol–water partition coefficient (Wildman–Crippen LogP) is 1.35. The smallest absolute Gasteiger partial charge is 0.275 e. The van der Waals surface area contributed by atoms with Crippen LogP contribution in [0.1, 0.15) is 16.7 Å². The molecule has 0 heterocycles. The molecule has 2 N–H and O–H groups in total. The number of hydrogen-bond acceptors (Lipinski definition) is 4. The maximum absolute atomic E-state index is 12.3. The molecular weight excluding hydrogens is 344 g/mol. The lowest BCUT2D eigenvalue weighted by atomic mass is 10.1. The van der Waals surface area contributed by atoms with E-state index in [1.807, 2.05) is 50.4 Å². The number of quaternary nitrogens is 1. The molecule has 6 nitrogen and oxygen atoms in total. The molecule has 0 aliphatic carbocycles. The maximum atomic E-state index is 12.3. The average molecular weight is 373 g/mol. The molecule has 0 fully saturated rings. The fourth-order valence-electron chi connectivity index (χ4n) is 2.98. The lowest BCUT2D eigenvalue weighted by Gasteiger charge is -2.17. The van der Waals surface area contributed by atoms with Gasteiger partial charge in [0, 0.05) is 17.7 Å². The molecule has 0 saturated carbocycles. The summed E-state index contributed by atoms with van der Waals surface area (Å²) in [5.74, 6) is 2.19. The summed E-state index contributed by atoms with van der Waals surface area (Å²) in [5, 5.41) is 2.96. The molecule has 2 aromatic carbocycles. The van der Waals surface area contributed by atoms with Gasteiger partial charge in [0.15, 0.2) is 18.0 Å². The van der Waals surface area contributed by atoms with Crippen LogP contribution in [0.4, 0.5) is 0 Å². The van der Waals surface area contributed by atoms with Crippen molar-refractivity contribution >= 4 is 5.91 Å². The Balaban J connectivity index is 1.93. The summed E-state index contributed by atoms with van der Waals surface area (Å²) >= 11 is 0. The second-order valence-corrected chi connectivity index (χ2v) is 6.53. The second kappa shape index (κ2) is 9.83. The van der Waals surface area contributed by atoms with Gasteiger partial charge in [0.1, 0.15) is 12.3 Å². The van der Waals surface area contributed by atoms with Crippen LogP contribution < -0.4 is 24.4 Å². The fourth-order valence-corrected chi connectivity index (χ4v) is 2.98. The largest absolute Gasteiger partial charge is 0.496 e. The number of likely N-dealkylation sites (N-methyl/N-ethyl adjacent to an activating group) is 1. The van der Waals surface area contributed by atoms with Crippen LogP contribution in [0.3, 0.4) is 0 Å². The summed E-state index contributed by atoms with van der Waals surface area (Å²) in [5.41, 5.74) is 3.20. The van der Waals surface area contributed by atoms with E-state index < -0.39 is 0 Å². The minimum absolute atomic E-state index is 0.00321. The zero-order valence-corrected chi connectivity index (χ0v) is 16.7. The third kappa shape index (κ3) is 5.62. The fraction of sp³-hybridized carbons (Fsp3) is 0.381. The third-order valence-corrected chi connectivity index (χ3v) is 4.47. The van der Waals surface area contributed by atoms with E-state index in [9.17, 15) is 4.79 Å². The lowest BCUT2D eigenvalue weighted by molar-refractivity contribution is -0.885. The van der Waals surface area contributed by atoms with Gasteiger partial charge in [-0.3, -0.25) is 4.79 Å². The predicted molar refractivity (Wildman–Crippen MR) is 105 cm³/mol. The highest BCUT2D eigenvalue weighted by molar-refractivity contribution is 5.76. The highest BCUT2D eigenvalue weighted by atomic mass is 16.5. The van der Waals surface area contributed by atoms with Crippen LogP contribution in [0.5, 0.6) is 17.2 Å². The molecule has 2 aromatic rings. The number of amides is 1. The molecule has 6 heteroatoms. The number of hydrogen-bond donors (Lipinski definition) is 2. The van der Waals surface area contributed by atoms with E-state index in [1.54, 1.807) is 21.3 Å². The first-order chi connectivity index (χ1) is 13.0. The Kier molecular flexibility index (Phi) is 7.49. The van der Waals surface area contributed by atoms with Crippen molar-refractivity contribution < 1.29 is 23.9 Å². The molecule has 0 radical (unpaired) electrons. The Morgan fingerprint density at radius 2 is 1.59 bits per heavy atom. The summed E-state index contributed by atoms with van der Waals surface area (Å²) < 4.78 is 16.0. The van der Waals surface area contributed by atoms with Gasteiger partial charge in [-0.15, -0.1) is 0 Å².